The van der Waals surface area contributed by atoms with Crippen molar-refractivity contribution in [2.24, 2.45) is 0 Å². The Morgan fingerprint density at radius 1 is 0.929 bits per heavy atom. The van der Waals surface area contributed by atoms with Crippen LogP contribution in [0.1, 0.15) is 52.4 Å². The SMILES string of the molecule is C=CC1CCCCCCCOC(=O)[C@@H]2O[C@@](C)(OC)[C@](C)(OC)O[C@H]2C(=O)O1. The van der Waals surface area contributed by atoms with Gasteiger partial charge in [-0.2, -0.15) is 0 Å². The van der Waals surface area contributed by atoms with Crippen molar-refractivity contribution >= 4 is 11.9 Å². The van der Waals surface area contributed by atoms with Gasteiger partial charge in [0.15, 0.2) is 12.2 Å². The van der Waals surface area contributed by atoms with Crippen molar-refractivity contribution < 1.29 is 38.0 Å². The monoisotopic (exact) mass is 400 g/mol. The number of methoxy groups -OCH3 is 2. The Balaban J connectivity index is 2.31. The van der Waals surface area contributed by atoms with Gasteiger partial charge in [0.25, 0.3) is 0 Å². The largest absolute Gasteiger partial charge is 0.464 e. The van der Waals surface area contributed by atoms with Gasteiger partial charge in [-0.1, -0.05) is 31.9 Å². The van der Waals surface area contributed by atoms with Gasteiger partial charge in [0.05, 0.1) is 6.61 Å². The highest BCUT2D eigenvalue weighted by Crippen LogP contribution is 2.40. The summed E-state index contributed by atoms with van der Waals surface area (Å²) in [6.07, 6.45) is 3.72. The lowest BCUT2D eigenvalue weighted by Crippen LogP contribution is -2.68. The zero-order valence-corrected chi connectivity index (χ0v) is 17.2. The molecule has 0 aromatic carbocycles. The second-order valence-corrected chi connectivity index (χ2v) is 7.31. The van der Waals surface area contributed by atoms with Crippen LogP contribution in [-0.4, -0.2) is 62.7 Å². The van der Waals surface area contributed by atoms with Gasteiger partial charge in [-0.3, -0.25) is 0 Å². The smallest absolute Gasteiger partial charge is 0.339 e. The molecule has 0 radical (unpaired) electrons. The third-order valence-corrected chi connectivity index (χ3v) is 5.45. The minimum Gasteiger partial charge on any atom is -0.464 e. The number of cyclic esters (lactones) is 2. The molecule has 0 aromatic heterocycles. The van der Waals surface area contributed by atoms with Gasteiger partial charge in [0.2, 0.25) is 11.6 Å². The van der Waals surface area contributed by atoms with Crippen LogP contribution in [0.2, 0.25) is 0 Å². The summed E-state index contributed by atoms with van der Waals surface area (Å²) in [6, 6.07) is 0. The molecule has 0 N–H and O–H groups in total. The van der Waals surface area contributed by atoms with Crippen molar-refractivity contribution in [1.29, 1.82) is 0 Å². The molecule has 2 heterocycles. The molecule has 0 spiro atoms. The second-order valence-electron chi connectivity index (χ2n) is 7.31. The first-order valence-electron chi connectivity index (χ1n) is 9.76. The highest BCUT2D eigenvalue weighted by Gasteiger charge is 2.61. The molecule has 2 aliphatic heterocycles. The van der Waals surface area contributed by atoms with Crippen molar-refractivity contribution in [2.45, 2.75) is 82.3 Å². The van der Waals surface area contributed by atoms with E-state index in [0.29, 0.717) is 6.42 Å². The first-order chi connectivity index (χ1) is 13.3. The van der Waals surface area contributed by atoms with E-state index in [-0.39, 0.29) is 6.61 Å². The number of ether oxygens (including phenoxy) is 6. The summed E-state index contributed by atoms with van der Waals surface area (Å²) in [5.74, 6) is -4.32. The number of esters is 2. The van der Waals surface area contributed by atoms with Gasteiger partial charge in [-0.05, 0) is 33.1 Å². The summed E-state index contributed by atoms with van der Waals surface area (Å²) in [7, 11) is 2.81. The molecule has 2 aliphatic rings. The molecule has 0 bridgehead atoms. The molecule has 0 amide bonds. The first-order valence-corrected chi connectivity index (χ1v) is 9.76. The zero-order valence-electron chi connectivity index (χ0n) is 17.2. The predicted octanol–water partition coefficient (Wildman–Crippen LogP) is 2.49. The third kappa shape index (κ3) is 4.92. The normalized spacial score (nSPS) is 38.5. The van der Waals surface area contributed by atoms with Crippen molar-refractivity contribution in [3.63, 3.8) is 0 Å². The summed E-state index contributed by atoms with van der Waals surface area (Å²) >= 11 is 0. The van der Waals surface area contributed by atoms with Crippen LogP contribution in [0.25, 0.3) is 0 Å². The molecule has 8 nitrogen and oxygen atoms in total. The Morgan fingerprint density at radius 3 is 2.04 bits per heavy atom. The molecule has 2 saturated heterocycles. The predicted molar refractivity (Wildman–Crippen MR) is 99.3 cm³/mol. The summed E-state index contributed by atoms with van der Waals surface area (Å²) in [4.78, 5) is 25.5. The van der Waals surface area contributed by atoms with Gasteiger partial charge >= 0.3 is 11.9 Å². The van der Waals surface area contributed by atoms with Gasteiger partial charge in [0.1, 0.15) is 6.10 Å². The van der Waals surface area contributed by atoms with E-state index >= 15 is 0 Å². The van der Waals surface area contributed by atoms with Crippen LogP contribution < -0.4 is 0 Å². The minimum atomic E-state index is -1.45. The van der Waals surface area contributed by atoms with Crippen molar-refractivity contribution in [1.82, 2.24) is 0 Å². The summed E-state index contributed by atoms with van der Waals surface area (Å²) in [6.45, 7) is 7.13. The van der Waals surface area contributed by atoms with Crippen LogP contribution in [0.5, 0.6) is 0 Å². The van der Waals surface area contributed by atoms with Gasteiger partial charge in [-0.15, -0.1) is 0 Å². The molecule has 8 heteroatoms. The Bertz CT molecular complexity index is 564. The Kier molecular flexibility index (Phi) is 8.00. The van der Waals surface area contributed by atoms with Crippen LogP contribution in [0.4, 0.5) is 0 Å². The molecule has 2 rings (SSSR count). The number of fused-ring (bicyclic) bond motifs is 1. The van der Waals surface area contributed by atoms with Crippen molar-refractivity contribution in [3.05, 3.63) is 12.7 Å². The topological polar surface area (TPSA) is 89.5 Å². The second kappa shape index (κ2) is 9.82. The first kappa shape index (κ1) is 22.8. The van der Waals surface area contributed by atoms with Gasteiger partial charge < -0.3 is 28.4 Å². The molecular formula is C20H32O8. The summed E-state index contributed by atoms with van der Waals surface area (Å²) in [5, 5.41) is 0. The van der Waals surface area contributed by atoms with E-state index in [1.165, 1.54) is 14.2 Å². The number of carbonyl (C=O) groups excluding carboxylic acids is 2. The van der Waals surface area contributed by atoms with E-state index in [0.717, 1.165) is 32.1 Å². The minimum absolute atomic E-state index is 0.251. The molecular weight excluding hydrogens is 368 g/mol. The fourth-order valence-electron chi connectivity index (χ4n) is 3.31. The van der Waals surface area contributed by atoms with Crippen LogP contribution in [0.3, 0.4) is 0 Å². The lowest BCUT2D eigenvalue weighted by atomic mass is 10.0. The van der Waals surface area contributed by atoms with E-state index in [2.05, 4.69) is 6.58 Å². The lowest BCUT2D eigenvalue weighted by Gasteiger charge is -2.50. The van der Waals surface area contributed by atoms with E-state index in [1.807, 2.05) is 0 Å². The fourth-order valence-corrected chi connectivity index (χ4v) is 3.31. The van der Waals surface area contributed by atoms with Crippen LogP contribution >= 0.6 is 0 Å². The maximum absolute atomic E-state index is 12.9. The molecule has 160 valence electrons. The highest BCUT2D eigenvalue weighted by molar-refractivity contribution is 5.86. The Hall–Kier alpha value is -1.48. The average molecular weight is 400 g/mol. The summed E-state index contributed by atoms with van der Waals surface area (Å²) in [5.41, 5.74) is 0. The lowest BCUT2D eigenvalue weighted by molar-refractivity contribution is -0.439. The summed E-state index contributed by atoms with van der Waals surface area (Å²) < 4.78 is 33.5. The zero-order chi connectivity index (χ0) is 20.8. The third-order valence-electron chi connectivity index (χ3n) is 5.45. The molecule has 0 aromatic rings. The molecule has 0 aliphatic carbocycles. The van der Waals surface area contributed by atoms with E-state index in [1.54, 1.807) is 19.9 Å². The van der Waals surface area contributed by atoms with E-state index in [4.69, 9.17) is 28.4 Å². The average Bonchev–Trinajstić information content (AvgIpc) is 2.69. The molecule has 0 saturated carbocycles. The van der Waals surface area contributed by atoms with Crippen LogP contribution in [0.15, 0.2) is 12.7 Å². The number of rotatable bonds is 3. The van der Waals surface area contributed by atoms with Gasteiger partial charge in [-0.25, -0.2) is 9.59 Å². The maximum atomic E-state index is 12.9. The number of hydrogen-bond donors (Lipinski definition) is 0. The molecule has 1 unspecified atom stereocenters. The van der Waals surface area contributed by atoms with Crippen LogP contribution in [0, 0.1) is 0 Å². The van der Waals surface area contributed by atoms with Crippen molar-refractivity contribution in [2.75, 3.05) is 20.8 Å². The molecule has 5 atom stereocenters. The van der Waals surface area contributed by atoms with Crippen LogP contribution in [-0.2, 0) is 38.0 Å². The fraction of sp³-hybridized carbons (Fsp3) is 0.800. The maximum Gasteiger partial charge on any atom is 0.339 e. The van der Waals surface area contributed by atoms with E-state index < -0.39 is 41.8 Å². The Labute approximate surface area is 166 Å². The van der Waals surface area contributed by atoms with Gasteiger partial charge in [0, 0.05) is 14.2 Å². The molecule has 2 fully saturated rings. The Morgan fingerprint density at radius 2 is 1.46 bits per heavy atom. The standard InChI is InChI=1S/C20H32O8/c1-6-14-12-10-8-7-9-11-13-25-17(21)15-16(18(22)26-14)28-20(3,24-5)19(2,23-4)27-15/h6,14-16H,1,7-13H2,2-5H3/t14?,15-,16-,19-,20-/m1/s1. The quantitative estimate of drug-likeness (QED) is 0.527. The number of carbonyl (C=O) groups is 2. The van der Waals surface area contributed by atoms with E-state index in [9.17, 15) is 9.59 Å². The molecule has 28 heavy (non-hydrogen) atoms. The van der Waals surface area contributed by atoms with Crippen molar-refractivity contribution in [3.8, 4) is 0 Å². The highest BCUT2D eigenvalue weighted by atomic mass is 16.8. The number of hydrogen-bond acceptors (Lipinski definition) is 8.